The Morgan fingerprint density at radius 1 is 1.17 bits per heavy atom. The number of ether oxygens (including phenoxy) is 1. The number of hydrogen-bond acceptors (Lipinski definition) is 4. The lowest BCUT2D eigenvalue weighted by Crippen LogP contribution is -2.13. The maximum Gasteiger partial charge on any atom is 0.243 e. The third-order valence-electron chi connectivity index (χ3n) is 2.34. The predicted octanol–water partition coefficient (Wildman–Crippen LogP) is 1.83. The Kier molecular flexibility index (Phi) is 3.31. The first-order valence-corrected chi connectivity index (χ1v) is 6.74. The van der Waals surface area contributed by atoms with E-state index in [-0.39, 0.29) is 10.8 Å². The van der Waals surface area contributed by atoms with Gasteiger partial charge in [0, 0.05) is 6.20 Å². The van der Waals surface area contributed by atoms with Gasteiger partial charge in [-0.15, -0.1) is 0 Å². The fourth-order valence-corrected chi connectivity index (χ4v) is 2.05. The van der Waals surface area contributed by atoms with Crippen LogP contribution in [0.4, 0.5) is 0 Å². The summed E-state index contributed by atoms with van der Waals surface area (Å²) in [6.45, 7) is 1.86. The molecule has 0 bridgehead atoms. The summed E-state index contributed by atoms with van der Waals surface area (Å²) in [4.78, 5) is 3.77. The molecule has 2 N–H and O–H groups in total. The van der Waals surface area contributed by atoms with E-state index >= 15 is 0 Å². The van der Waals surface area contributed by atoms with Gasteiger partial charge in [0.2, 0.25) is 15.9 Å². The van der Waals surface area contributed by atoms with E-state index in [2.05, 4.69) is 4.98 Å². The van der Waals surface area contributed by atoms with E-state index in [9.17, 15) is 8.42 Å². The number of nitrogens with zero attached hydrogens (tertiary/aromatic N) is 1. The maximum atomic E-state index is 11.4. The molecular formula is C12H12N2O3S. The Morgan fingerprint density at radius 3 is 2.56 bits per heavy atom. The summed E-state index contributed by atoms with van der Waals surface area (Å²) in [5.74, 6) is 0.524. The lowest BCUT2D eigenvalue weighted by atomic mass is 10.2. The van der Waals surface area contributed by atoms with Crippen LogP contribution in [0.25, 0.3) is 0 Å². The van der Waals surface area contributed by atoms with Gasteiger partial charge in [-0.2, -0.15) is 0 Å². The summed E-state index contributed by atoms with van der Waals surface area (Å²) in [5, 5.41) is 5.10. The normalized spacial score (nSPS) is 11.2. The molecule has 0 aliphatic rings. The van der Waals surface area contributed by atoms with Crippen LogP contribution in [0.3, 0.4) is 0 Å². The van der Waals surface area contributed by atoms with Crippen molar-refractivity contribution in [2.45, 2.75) is 11.8 Å². The second kappa shape index (κ2) is 4.75. The Labute approximate surface area is 105 Å². The van der Waals surface area contributed by atoms with E-state index in [0.29, 0.717) is 5.75 Å². The maximum absolute atomic E-state index is 11.4. The van der Waals surface area contributed by atoms with E-state index in [0.717, 1.165) is 5.56 Å². The largest absolute Gasteiger partial charge is 0.437 e. The summed E-state index contributed by atoms with van der Waals surface area (Å²) in [7, 11) is -3.85. The molecule has 0 saturated heterocycles. The van der Waals surface area contributed by atoms with Crippen molar-refractivity contribution in [2.75, 3.05) is 0 Å². The minimum absolute atomic E-state index is 0.0192. The molecule has 1 heterocycles. The van der Waals surface area contributed by atoms with Gasteiger partial charge in [0.25, 0.3) is 0 Å². The second-order valence-electron chi connectivity index (χ2n) is 3.72. The zero-order valence-electron chi connectivity index (χ0n) is 9.70. The molecule has 1 aromatic heterocycles. The van der Waals surface area contributed by atoms with Gasteiger partial charge in [-0.05, 0) is 30.7 Å². The Morgan fingerprint density at radius 2 is 1.89 bits per heavy atom. The highest BCUT2D eigenvalue weighted by Crippen LogP contribution is 2.27. The van der Waals surface area contributed by atoms with Crippen LogP contribution in [0, 0.1) is 6.92 Å². The van der Waals surface area contributed by atoms with Crippen molar-refractivity contribution in [3.05, 3.63) is 48.2 Å². The van der Waals surface area contributed by atoms with Crippen LogP contribution in [0.2, 0.25) is 0 Å². The van der Waals surface area contributed by atoms with Crippen molar-refractivity contribution in [1.29, 1.82) is 0 Å². The highest BCUT2D eigenvalue weighted by molar-refractivity contribution is 7.89. The van der Waals surface area contributed by atoms with Gasteiger partial charge in [0.1, 0.15) is 10.6 Å². The van der Waals surface area contributed by atoms with Crippen LogP contribution in [0.5, 0.6) is 11.6 Å². The summed E-state index contributed by atoms with van der Waals surface area (Å²) in [6, 6.07) is 10.1. The SMILES string of the molecule is Cc1ccccc1Oc1ncccc1S(N)(=O)=O. The quantitative estimate of drug-likeness (QED) is 0.916. The zero-order valence-corrected chi connectivity index (χ0v) is 10.5. The molecule has 18 heavy (non-hydrogen) atoms. The molecule has 6 heteroatoms. The minimum atomic E-state index is -3.85. The lowest BCUT2D eigenvalue weighted by molar-refractivity contribution is 0.444. The number of hydrogen-bond donors (Lipinski definition) is 1. The number of aryl methyl sites for hydroxylation is 1. The molecule has 0 saturated carbocycles. The van der Waals surface area contributed by atoms with Crippen LogP contribution in [-0.4, -0.2) is 13.4 Å². The number of aromatic nitrogens is 1. The molecule has 1 aromatic carbocycles. The first kappa shape index (κ1) is 12.5. The van der Waals surface area contributed by atoms with Crippen LogP contribution < -0.4 is 9.88 Å². The van der Waals surface area contributed by atoms with Crippen LogP contribution in [0.15, 0.2) is 47.5 Å². The average Bonchev–Trinajstić information content (AvgIpc) is 2.31. The summed E-state index contributed by atoms with van der Waals surface area (Å²) in [5.41, 5.74) is 0.878. The molecule has 94 valence electrons. The summed E-state index contributed by atoms with van der Waals surface area (Å²) >= 11 is 0. The number of rotatable bonds is 3. The fourth-order valence-electron chi connectivity index (χ4n) is 1.44. The molecule has 0 unspecified atom stereocenters. The molecule has 0 amide bonds. The zero-order chi connectivity index (χ0) is 13.2. The Bertz CT molecular complexity index is 669. The van der Waals surface area contributed by atoms with Crippen LogP contribution in [0.1, 0.15) is 5.56 Å². The number of sulfonamides is 1. The summed E-state index contributed by atoms with van der Waals surface area (Å²) in [6.07, 6.45) is 1.45. The van der Waals surface area contributed by atoms with Crippen molar-refractivity contribution in [3.63, 3.8) is 0 Å². The molecule has 0 atom stereocenters. The molecular weight excluding hydrogens is 252 g/mol. The minimum Gasteiger partial charge on any atom is -0.437 e. The Balaban J connectivity index is 2.45. The fraction of sp³-hybridized carbons (Fsp3) is 0.0833. The standard InChI is InChI=1S/C12H12N2O3S/c1-9-5-2-3-6-10(9)17-12-11(18(13,15)16)7-4-8-14-12/h2-8H,1H3,(H2,13,15,16). The molecule has 2 aromatic rings. The highest BCUT2D eigenvalue weighted by Gasteiger charge is 2.16. The predicted molar refractivity (Wildman–Crippen MR) is 66.9 cm³/mol. The Hall–Kier alpha value is -1.92. The highest BCUT2D eigenvalue weighted by atomic mass is 32.2. The van der Waals surface area contributed by atoms with Crippen molar-refractivity contribution in [2.24, 2.45) is 5.14 Å². The number of para-hydroxylation sites is 1. The van der Waals surface area contributed by atoms with Gasteiger partial charge >= 0.3 is 0 Å². The smallest absolute Gasteiger partial charge is 0.243 e. The molecule has 5 nitrogen and oxygen atoms in total. The molecule has 0 radical (unpaired) electrons. The van der Waals surface area contributed by atoms with Crippen molar-refractivity contribution >= 4 is 10.0 Å². The first-order chi connectivity index (χ1) is 8.48. The molecule has 2 rings (SSSR count). The average molecular weight is 264 g/mol. The van der Waals surface area contributed by atoms with E-state index < -0.39 is 10.0 Å². The molecule has 0 aliphatic carbocycles. The van der Waals surface area contributed by atoms with Gasteiger partial charge in [-0.3, -0.25) is 0 Å². The number of pyridine rings is 1. The number of nitrogens with two attached hydrogens (primary N) is 1. The van der Waals surface area contributed by atoms with Crippen molar-refractivity contribution in [1.82, 2.24) is 4.98 Å². The third-order valence-corrected chi connectivity index (χ3v) is 3.27. The lowest BCUT2D eigenvalue weighted by Gasteiger charge is -2.09. The van der Waals surface area contributed by atoms with Crippen molar-refractivity contribution in [3.8, 4) is 11.6 Å². The van der Waals surface area contributed by atoms with Gasteiger partial charge < -0.3 is 4.74 Å². The topological polar surface area (TPSA) is 82.3 Å². The van der Waals surface area contributed by atoms with E-state index in [1.165, 1.54) is 18.3 Å². The van der Waals surface area contributed by atoms with Gasteiger partial charge in [-0.1, -0.05) is 18.2 Å². The summed E-state index contributed by atoms with van der Waals surface area (Å²) < 4.78 is 28.3. The number of benzene rings is 1. The van der Waals surface area contributed by atoms with E-state index in [4.69, 9.17) is 9.88 Å². The van der Waals surface area contributed by atoms with Gasteiger partial charge in [-0.25, -0.2) is 18.5 Å². The van der Waals surface area contributed by atoms with E-state index in [1.807, 2.05) is 19.1 Å². The molecule has 0 spiro atoms. The molecule has 0 aliphatic heterocycles. The third kappa shape index (κ3) is 2.66. The van der Waals surface area contributed by atoms with Gasteiger partial charge in [0.15, 0.2) is 0 Å². The molecule has 0 fully saturated rings. The van der Waals surface area contributed by atoms with E-state index in [1.54, 1.807) is 12.1 Å². The second-order valence-corrected chi connectivity index (χ2v) is 5.25. The van der Waals surface area contributed by atoms with Crippen molar-refractivity contribution < 1.29 is 13.2 Å². The van der Waals surface area contributed by atoms with Gasteiger partial charge in [0.05, 0.1) is 0 Å². The monoisotopic (exact) mass is 264 g/mol. The first-order valence-electron chi connectivity index (χ1n) is 5.20. The van der Waals surface area contributed by atoms with Crippen LogP contribution in [-0.2, 0) is 10.0 Å². The van der Waals surface area contributed by atoms with Crippen LogP contribution >= 0.6 is 0 Å². The number of primary sulfonamides is 1.